The number of carbonyl (C=O) groups excluding carboxylic acids is 1. The summed E-state index contributed by atoms with van der Waals surface area (Å²) in [5.74, 6) is -0.156. The van der Waals surface area contributed by atoms with Crippen molar-refractivity contribution in [1.29, 1.82) is 0 Å². The number of alkyl carbamates (subject to hydrolysis) is 1. The molecule has 0 aromatic heterocycles. The Morgan fingerprint density at radius 2 is 1.79 bits per heavy atom. The predicted octanol–water partition coefficient (Wildman–Crippen LogP) is 1.98. The maximum absolute atomic E-state index is 11.9. The molecule has 0 aliphatic heterocycles. The van der Waals surface area contributed by atoms with Crippen molar-refractivity contribution in [3.8, 4) is 0 Å². The molecule has 5 nitrogen and oxygen atoms in total. The van der Waals surface area contributed by atoms with Crippen LogP contribution in [0.3, 0.4) is 0 Å². The van der Waals surface area contributed by atoms with Gasteiger partial charge in [-0.05, 0) is 32.9 Å². The van der Waals surface area contributed by atoms with Crippen LogP contribution < -0.4 is 5.32 Å². The Bertz CT molecular complexity index is 517. The van der Waals surface area contributed by atoms with Gasteiger partial charge in [0.2, 0.25) is 0 Å². The molecule has 1 rings (SSSR count). The summed E-state index contributed by atoms with van der Waals surface area (Å²) in [6, 6.07) is 8.13. The van der Waals surface area contributed by atoms with Gasteiger partial charge in [0.25, 0.3) is 0 Å². The lowest BCUT2D eigenvalue weighted by atomic mass is 10.2. The number of hydrogen-bond acceptors (Lipinski definition) is 4. The number of sulfone groups is 1. The molecular formula is C13H19NO4S. The van der Waals surface area contributed by atoms with Crippen molar-refractivity contribution < 1.29 is 17.9 Å². The highest BCUT2D eigenvalue weighted by molar-refractivity contribution is 7.91. The number of rotatable bonds is 4. The summed E-state index contributed by atoms with van der Waals surface area (Å²) in [5, 5.41) is 2.42. The average Bonchev–Trinajstić information content (AvgIpc) is 2.27. The van der Waals surface area contributed by atoms with E-state index in [4.69, 9.17) is 4.74 Å². The lowest BCUT2D eigenvalue weighted by Gasteiger charge is -2.19. The minimum absolute atomic E-state index is 0.0200. The summed E-state index contributed by atoms with van der Waals surface area (Å²) in [6.07, 6.45) is -0.615. The second kappa shape index (κ2) is 6.06. The zero-order chi connectivity index (χ0) is 14.5. The fraction of sp³-hybridized carbons (Fsp3) is 0.462. The van der Waals surface area contributed by atoms with Crippen molar-refractivity contribution in [2.45, 2.75) is 31.3 Å². The minimum atomic E-state index is -3.37. The summed E-state index contributed by atoms with van der Waals surface area (Å²) >= 11 is 0. The fourth-order valence-corrected chi connectivity index (χ4v) is 2.53. The summed E-state index contributed by atoms with van der Waals surface area (Å²) in [5.41, 5.74) is -0.595. The van der Waals surface area contributed by atoms with E-state index in [0.717, 1.165) is 0 Å². The van der Waals surface area contributed by atoms with Gasteiger partial charge < -0.3 is 10.1 Å². The number of nitrogens with one attached hydrogen (secondary N) is 1. The Morgan fingerprint density at radius 3 is 2.32 bits per heavy atom. The van der Waals surface area contributed by atoms with Gasteiger partial charge in [-0.1, -0.05) is 18.2 Å². The largest absolute Gasteiger partial charge is 0.444 e. The van der Waals surface area contributed by atoms with E-state index in [1.807, 2.05) is 0 Å². The van der Waals surface area contributed by atoms with E-state index in [9.17, 15) is 13.2 Å². The Labute approximate surface area is 113 Å². The molecule has 1 N–H and O–H groups in total. The van der Waals surface area contributed by atoms with Crippen LogP contribution in [0.1, 0.15) is 20.8 Å². The molecule has 0 radical (unpaired) electrons. The van der Waals surface area contributed by atoms with Crippen LogP contribution in [0, 0.1) is 0 Å². The molecule has 0 saturated heterocycles. The SMILES string of the molecule is CC(C)(C)OC(=O)NCCS(=O)(=O)c1ccccc1. The molecule has 0 spiro atoms. The number of amides is 1. The standard InChI is InChI=1S/C13H19NO4S/c1-13(2,3)18-12(15)14-9-10-19(16,17)11-7-5-4-6-8-11/h4-8H,9-10H2,1-3H3,(H,14,15). The van der Waals surface area contributed by atoms with Gasteiger partial charge in [0.1, 0.15) is 5.60 Å². The van der Waals surface area contributed by atoms with Crippen LogP contribution in [0.4, 0.5) is 4.79 Å². The number of ether oxygens (including phenoxy) is 1. The van der Waals surface area contributed by atoms with E-state index in [1.54, 1.807) is 39.0 Å². The molecule has 6 heteroatoms. The van der Waals surface area contributed by atoms with Crippen LogP contribution in [0.15, 0.2) is 35.2 Å². The quantitative estimate of drug-likeness (QED) is 0.918. The predicted molar refractivity (Wildman–Crippen MR) is 72.7 cm³/mol. The molecule has 19 heavy (non-hydrogen) atoms. The average molecular weight is 285 g/mol. The molecule has 0 unspecified atom stereocenters. The third kappa shape index (κ3) is 5.74. The third-order valence-corrected chi connectivity index (χ3v) is 3.87. The first-order chi connectivity index (χ1) is 8.71. The van der Waals surface area contributed by atoms with Gasteiger partial charge in [0, 0.05) is 6.54 Å². The van der Waals surface area contributed by atoms with Crippen molar-refractivity contribution >= 4 is 15.9 Å². The minimum Gasteiger partial charge on any atom is -0.444 e. The highest BCUT2D eigenvalue weighted by Crippen LogP contribution is 2.09. The van der Waals surface area contributed by atoms with Crippen molar-refractivity contribution in [2.75, 3.05) is 12.3 Å². The lowest BCUT2D eigenvalue weighted by Crippen LogP contribution is -2.35. The second-order valence-electron chi connectivity index (χ2n) is 5.06. The van der Waals surface area contributed by atoms with Crippen molar-refractivity contribution in [3.63, 3.8) is 0 Å². The van der Waals surface area contributed by atoms with Gasteiger partial charge in [0.15, 0.2) is 9.84 Å². The molecule has 0 aliphatic rings. The van der Waals surface area contributed by atoms with Gasteiger partial charge in [0.05, 0.1) is 10.6 Å². The van der Waals surface area contributed by atoms with Gasteiger partial charge in [-0.25, -0.2) is 13.2 Å². The maximum Gasteiger partial charge on any atom is 0.407 e. The molecule has 0 fully saturated rings. The van der Waals surface area contributed by atoms with Gasteiger partial charge in [-0.2, -0.15) is 0 Å². The number of carbonyl (C=O) groups is 1. The molecule has 1 aromatic rings. The molecule has 106 valence electrons. The Hall–Kier alpha value is -1.56. The van der Waals surface area contributed by atoms with Crippen LogP contribution in [-0.4, -0.2) is 32.4 Å². The maximum atomic E-state index is 11.9. The zero-order valence-corrected chi connectivity index (χ0v) is 12.2. The smallest absolute Gasteiger partial charge is 0.407 e. The molecule has 0 aliphatic carbocycles. The normalized spacial score (nSPS) is 11.9. The number of benzene rings is 1. The molecule has 0 heterocycles. The Kier molecular flexibility index (Phi) is 4.94. The summed E-state index contributed by atoms with van der Waals surface area (Å²) in [4.78, 5) is 11.6. The van der Waals surface area contributed by atoms with Crippen molar-refractivity contribution in [1.82, 2.24) is 5.32 Å². The van der Waals surface area contributed by atoms with E-state index in [0.29, 0.717) is 0 Å². The van der Waals surface area contributed by atoms with Crippen LogP contribution in [0.5, 0.6) is 0 Å². The second-order valence-corrected chi connectivity index (χ2v) is 7.17. The first kappa shape index (κ1) is 15.5. The summed E-state index contributed by atoms with van der Waals surface area (Å²) in [6.45, 7) is 5.25. The fourth-order valence-electron chi connectivity index (χ4n) is 1.35. The highest BCUT2D eigenvalue weighted by Gasteiger charge is 2.17. The van der Waals surface area contributed by atoms with Crippen molar-refractivity contribution in [2.24, 2.45) is 0 Å². The first-order valence-electron chi connectivity index (χ1n) is 5.95. The Balaban J connectivity index is 2.48. The van der Waals surface area contributed by atoms with E-state index < -0.39 is 21.5 Å². The van der Waals surface area contributed by atoms with Gasteiger partial charge >= 0.3 is 6.09 Å². The summed E-state index contributed by atoms with van der Waals surface area (Å²) in [7, 11) is -3.37. The van der Waals surface area contributed by atoms with E-state index in [2.05, 4.69) is 5.32 Å². The Morgan fingerprint density at radius 1 is 1.21 bits per heavy atom. The summed E-state index contributed by atoms with van der Waals surface area (Å²) < 4.78 is 28.8. The molecule has 1 amide bonds. The molecule has 1 aromatic carbocycles. The van der Waals surface area contributed by atoms with E-state index in [1.165, 1.54) is 12.1 Å². The highest BCUT2D eigenvalue weighted by atomic mass is 32.2. The topological polar surface area (TPSA) is 72.5 Å². The van der Waals surface area contributed by atoms with Crippen LogP contribution in [0.2, 0.25) is 0 Å². The third-order valence-electron chi connectivity index (χ3n) is 2.14. The molecular weight excluding hydrogens is 266 g/mol. The van der Waals surface area contributed by atoms with Crippen molar-refractivity contribution in [3.05, 3.63) is 30.3 Å². The first-order valence-corrected chi connectivity index (χ1v) is 7.61. The van der Waals surface area contributed by atoms with E-state index >= 15 is 0 Å². The molecule has 0 bridgehead atoms. The van der Waals surface area contributed by atoms with E-state index in [-0.39, 0.29) is 17.2 Å². The van der Waals surface area contributed by atoms with Gasteiger partial charge in [-0.15, -0.1) is 0 Å². The monoisotopic (exact) mass is 285 g/mol. The zero-order valence-electron chi connectivity index (χ0n) is 11.3. The molecule has 0 saturated carbocycles. The van der Waals surface area contributed by atoms with Gasteiger partial charge in [-0.3, -0.25) is 0 Å². The van der Waals surface area contributed by atoms with Crippen LogP contribution in [-0.2, 0) is 14.6 Å². The molecule has 0 atom stereocenters. The van der Waals surface area contributed by atoms with Crippen LogP contribution >= 0.6 is 0 Å². The lowest BCUT2D eigenvalue weighted by molar-refractivity contribution is 0.0531. The number of hydrogen-bond donors (Lipinski definition) is 1. The van der Waals surface area contributed by atoms with Crippen LogP contribution in [0.25, 0.3) is 0 Å².